The minimum atomic E-state index is 0.976. The van der Waals surface area contributed by atoms with Crippen LogP contribution in [0.1, 0.15) is 356 Å². The number of hydrogen-bond acceptors (Lipinski definition) is 0. The predicted octanol–water partition coefficient (Wildman–Crippen LogP) is 24.5. The Bertz CT molecular complexity index is 664. The van der Waals surface area contributed by atoms with Crippen LogP contribution in [0, 0.1) is 53.3 Å². The molecule has 2 unspecified atom stereocenters. The molecule has 388 valence electrons. The summed E-state index contributed by atoms with van der Waals surface area (Å²) in [5.74, 6) is 9.06. The molecular formula is C63H136. The third-order valence-electron chi connectivity index (χ3n) is 15.4. The summed E-state index contributed by atoms with van der Waals surface area (Å²) < 4.78 is 0. The van der Waals surface area contributed by atoms with Gasteiger partial charge in [-0.3, -0.25) is 0 Å². The van der Waals surface area contributed by atoms with Gasteiger partial charge < -0.3 is 0 Å². The predicted molar refractivity (Wildman–Crippen MR) is 301 cm³/mol. The highest BCUT2D eigenvalue weighted by Crippen LogP contribution is 2.38. The van der Waals surface area contributed by atoms with Crippen molar-refractivity contribution in [2.24, 2.45) is 53.3 Å². The van der Waals surface area contributed by atoms with Crippen LogP contribution in [0.15, 0.2) is 0 Å². The Morgan fingerprint density at radius 3 is 0.730 bits per heavy atom. The molecule has 63 heavy (non-hydrogen) atoms. The molecule has 0 amide bonds. The van der Waals surface area contributed by atoms with E-state index in [1.807, 2.05) is 0 Å². The summed E-state index contributed by atoms with van der Waals surface area (Å²) >= 11 is 0. The maximum absolute atomic E-state index is 2.39. The fourth-order valence-electron chi connectivity index (χ4n) is 10.2. The Kier molecular flexibility index (Phi) is 68.6. The van der Waals surface area contributed by atoms with E-state index in [9.17, 15) is 0 Å². The van der Waals surface area contributed by atoms with Gasteiger partial charge in [-0.2, -0.15) is 0 Å². The molecule has 0 aromatic heterocycles. The van der Waals surface area contributed by atoms with Gasteiger partial charge in [-0.05, 0) is 91.8 Å². The van der Waals surface area contributed by atoms with Crippen molar-refractivity contribution in [2.45, 2.75) is 356 Å². The summed E-state index contributed by atoms with van der Waals surface area (Å²) in [5, 5.41) is 0. The van der Waals surface area contributed by atoms with Crippen LogP contribution in [0.25, 0.3) is 0 Å². The first-order valence-electron chi connectivity index (χ1n) is 30.5. The molecule has 0 radical (unpaired) electrons. The molecule has 0 N–H and O–H groups in total. The van der Waals surface area contributed by atoms with Crippen molar-refractivity contribution in [2.75, 3.05) is 0 Å². The van der Waals surface area contributed by atoms with Gasteiger partial charge in [-0.25, -0.2) is 0 Å². The largest absolute Gasteiger partial charge is 0.0656 e. The van der Waals surface area contributed by atoms with Gasteiger partial charge in [0.1, 0.15) is 0 Å². The summed E-state index contributed by atoms with van der Waals surface area (Å²) in [7, 11) is 0. The van der Waals surface area contributed by atoms with Gasteiger partial charge in [0.15, 0.2) is 0 Å². The zero-order valence-corrected chi connectivity index (χ0v) is 48.9. The topological polar surface area (TPSA) is 0 Å². The van der Waals surface area contributed by atoms with Gasteiger partial charge in [-0.15, -0.1) is 0 Å². The molecule has 1 aliphatic rings. The summed E-state index contributed by atoms with van der Waals surface area (Å²) in [6.45, 7) is 43.9. The molecule has 0 aliphatic heterocycles. The van der Waals surface area contributed by atoms with E-state index >= 15 is 0 Å². The molecular weight excluding hydrogens is 757 g/mol. The minimum absolute atomic E-state index is 0.976. The van der Waals surface area contributed by atoms with E-state index in [0.29, 0.717) is 0 Å². The Balaban J connectivity index is -0.000000224. The third-order valence-corrected chi connectivity index (χ3v) is 15.4. The van der Waals surface area contributed by atoms with Crippen LogP contribution in [0.2, 0.25) is 0 Å². The molecule has 1 rings (SSSR count). The van der Waals surface area contributed by atoms with Gasteiger partial charge in [0.05, 0.1) is 0 Å². The van der Waals surface area contributed by atoms with E-state index in [0.717, 1.165) is 53.3 Å². The van der Waals surface area contributed by atoms with E-state index in [2.05, 4.69) is 132 Å². The summed E-state index contributed by atoms with van der Waals surface area (Å²) in [5.41, 5.74) is 0. The van der Waals surface area contributed by atoms with Crippen molar-refractivity contribution >= 4 is 0 Å². The van der Waals surface area contributed by atoms with Gasteiger partial charge in [-0.1, -0.05) is 318 Å². The fraction of sp³-hybridized carbons (Fsp3) is 1.00. The highest BCUT2D eigenvalue weighted by molar-refractivity contribution is 4.77. The lowest BCUT2D eigenvalue weighted by molar-refractivity contribution is 0.183. The first kappa shape index (κ1) is 72.0. The van der Waals surface area contributed by atoms with Gasteiger partial charge >= 0.3 is 0 Å². The lowest BCUT2D eigenvalue weighted by Crippen LogP contribution is -2.21. The van der Waals surface area contributed by atoms with Crippen LogP contribution < -0.4 is 0 Å². The Labute approximate surface area is 407 Å². The second-order valence-corrected chi connectivity index (χ2v) is 21.0. The van der Waals surface area contributed by atoms with Gasteiger partial charge in [0.25, 0.3) is 0 Å². The molecule has 1 fully saturated rings. The van der Waals surface area contributed by atoms with Crippen LogP contribution >= 0.6 is 0 Å². The quantitative estimate of drug-likeness (QED) is 0.0609. The minimum Gasteiger partial charge on any atom is -0.0656 e. The van der Waals surface area contributed by atoms with Gasteiger partial charge in [0.2, 0.25) is 0 Å². The monoisotopic (exact) mass is 893 g/mol. The first-order valence-corrected chi connectivity index (χ1v) is 30.5. The zero-order chi connectivity index (χ0) is 48.9. The van der Waals surface area contributed by atoms with Crippen molar-refractivity contribution in [3.8, 4) is 0 Å². The second-order valence-electron chi connectivity index (χ2n) is 21.0. The van der Waals surface area contributed by atoms with Crippen LogP contribution in [-0.4, -0.2) is 0 Å². The molecule has 0 aromatic carbocycles. The zero-order valence-electron chi connectivity index (χ0n) is 48.9. The second kappa shape index (κ2) is 60.0. The van der Waals surface area contributed by atoms with Crippen molar-refractivity contribution in [1.29, 1.82) is 0 Å². The molecule has 1 saturated carbocycles. The molecule has 2 atom stereocenters. The van der Waals surface area contributed by atoms with E-state index in [-0.39, 0.29) is 0 Å². The first-order chi connectivity index (χ1) is 30.5. The number of rotatable bonds is 31. The third kappa shape index (κ3) is 51.2. The van der Waals surface area contributed by atoms with Gasteiger partial charge in [0, 0.05) is 0 Å². The Hall–Kier alpha value is 0. The standard InChI is InChI=1S/C16H32.C15H32.C12H26.C10H22.C7H16.C3H8/c1-5-13-9-14(6-2)11-16(8-4)12-15(7-3)10-13;1-6-13(7-2)11-15(10-5)12-14(8-3)9-4;1-4-7-8-9-11-12(6-3)10-5-2;1-4-7-9-10(6-3)8-5-2;1-3-5-7-6-4-2;1-3-2/h13-16H,5-12H2,1-4H3;13-15H,6-12H2,1-5H3;12H,4-11H2,1-3H3;10H,4-9H2,1-3H3;3-7H2,1-2H3;3H2,1-2H3. The average Bonchev–Trinajstić information content (AvgIpc) is 3.30. The fourth-order valence-corrected chi connectivity index (χ4v) is 10.2. The maximum Gasteiger partial charge on any atom is -0.0412 e. The number of hydrogen-bond donors (Lipinski definition) is 0. The van der Waals surface area contributed by atoms with E-state index in [4.69, 9.17) is 0 Å². The van der Waals surface area contributed by atoms with Crippen molar-refractivity contribution < 1.29 is 0 Å². The molecule has 0 heterocycles. The molecule has 0 saturated heterocycles. The van der Waals surface area contributed by atoms with E-state index < -0.39 is 0 Å². The smallest absolute Gasteiger partial charge is 0.0412 e. The normalized spacial score (nSPS) is 18.2. The lowest BCUT2D eigenvalue weighted by atomic mass is 9.72. The number of unbranched alkanes of at least 4 members (excludes halogenated alkanes) is 8. The Morgan fingerprint density at radius 2 is 0.508 bits per heavy atom. The van der Waals surface area contributed by atoms with E-state index in [1.54, 1.807) is 0 Å². The molecule has 0 heteroatoms. The molecule has 0 spiro atoms. The van der Waals surface area contributed by atoms with E-state index in [1.165, 1.54) is 225 Å². The molecule has 0 nitrogen and oxygen atoms in total. The molecule has 0 bridgehead atoms. The van der Waals surface area contributed by atoms with Crippen molar-refractivity contribution in [3.05, 3.63) is 0 Å². The average molecular weight is 894 g/mol. The van der Waals surface area contributed by atoms with Crippen LogP contribution in [0.4, 0.5) is 0 Å². The maximum atomic E-state index is 2.39. The van der Waals surface area contributed by atoms with Crippen LogP contribution in [0.3, 0.4) is 0 Å². The van der Waals surface area contributed by atoms with Crippen LogP contribution in [-0.2, 0) is 0 Å². The molecule has 0 aromatic rings. The molecule has 1 aliphatic carbocycles. The van der Waals surface area contributed by atoms with Crippen molar-refractivity contribution in [3.63, 3.8) is 0 Å². The summed E-state index contributed by atoms with van der Waals surface area (Å²) in [6, 6.07) is 0. The lowest BCUT2D eigenvalue weighted by Gasteiger charge is -2.33. The summed E-state index contributed by atoms with van der Waals surface area (Å²) in [4.78, 5) is 0. The summed E-state index contributed by atoms with van der Waals surface area (Å²) in [6.07, 6.45) is 49.6. The highest BCUT2D eigenvalue weighted by Gasteiger charge is 2.26. The SMILES string of the molecule is CCC.CCC(CC)CC(CC)CC(CC)CC.CCC1CC(CC)CC(CC)CC(CC)C1.CCCCC(CC)CCC.CCCCCCC.CCCCCCC(CC)CCC. The Morgan fingerprint density at radius 1 is 0.254 bits per heavy atom. The highest BCUT2D eigenvalue weighted by atomic mass is 14.3. The van der Waals surface area contributed by atoms with Crippen LogP contribution in [0.5, 0.6) is 0 Å². The van der Waals surface area contributed by atoms with Crippen molar-refractivity contribution in [1.82, 2.24) is 0 Å².